The quantitative estimate of drug-likeness (QED) is 0.169. The van der Waals surface area contributed by atoms with Crippen molar-refractivity contribution in [1.82, 2.24) is 20.2 Å². The van der Waals surface area contributed by atoms with Crippen LogP contribution in [0.1, 0.15) is 48.7 Å². The molecule has 3 aromatic carbocycles. The van der Waals surface area contributed by atoms with Gasteiger partial charge in [-0.15, -0.1) is 63.8 Å². The molecule has 6 nitrogen and oxygen atoms in total. The minimum absolute atomic E-state index is 0. The van der Waals surface area contributed by atoms with Crippen LogP contribution in [0, 0.1) is 46.4 Å². The fraction of sp³-hybridized carbons (Fsp3) is 0.143. The van der Waals surface area contributed by atoms with Crippen LogP contribution in [0.5, 0.6) is 0 Å². The Morgan fingerprint density at radius 1 is 0.714 bits per heavy atom. The Balaban J connectivity index is 0.000000251. The fourth-order valence-corrected chi connectivity index (χ4v) is 4.13. The number of hydrogen-bond acceptors (Lipinski definition) is 6. The zero-order valence-electron chi connectivity index (χ0n) is 36.4. The Kier molecular flexibility index (Phi) is 4.55. The largest absolute Gasteiger partial charge is 0.501 e. The smallest absolute Gasteiger partial charge is 0.247 e. The molecule has 0 aliphatic heterocycles. The zero-order chi connectivity index (χ0) is 41.0. The summed E-state index contributed by atoms with van der Waals surface area (Å²) in [4.78, 5) is 8.29. The third-order valence-electron chi connectivity index (χ3n) is 6.12. The van der Waals surface area contributed by atoms with E-state index in [-0.39, 0.29) is 53.9 Å². The molecule has 0 saturated carbocycles. The molecule has 42 heavy (non-hydrogen) atoms. The molecule has 0 saturated heterocycles. The summed E-state index contributed by atoms with van der Waals surface area (Å²) in [6, 6.07) is 23.1. The molecule has 0 unspecified atom stereocenters. The van der Waals surface area contributed by atoms with Crippen molar-refractivity contribution in [2.75, 3.05) is 0 Å². The normalized spacial score (nSPS) is 17.6. The first-order valence-corrected chi connectivity index (χ1v) is 12.1. The van der Waals surface area contributed by atoms with Gasteiger partial charge in [-0.1, -0.05) is 47.6 Å². The molecule has 4 heterocycles. The van der Waals surface area contributed by atoms with Gasteiger partial charge < -0.3 is 18.8 Å². The van der Waals surface area contributed by atoms with Gasteiger partial charge in [0, 0.05) is 70.9 Å². The number of fused-ring (bicyclic) bond motifs is 3. The van der Waals surface area contributed by atoms with Crippen molar-refractivity contribution < 1.29 is 49.5 Å². The summed E-state index contributed by atoms with van der Waals surface area (Å²) in [5, 5.41) is 8.80. The van der Waals surface area contributed by atoms with Gasteiger partial charge >= 0.3 is 0 Å². The monoisotopic (exact) mass is 744 g/mol. The van der Waals surface area contributed by atoms with Gasteiger partial charge in [-0.05, 0) is 55.2 Å². The zero-order valence-corrected chi connectivity index (χ0v) is 23.8. The number of aryl methyl sites for hydroxylation is 5. The first-order chi connectivity index (χ1) is 25.9. The van der Waals surface area contributed by atoms with Crippen molar-refractivity contribution in [2.24, 2.45) is 0 Å². The van der Waals surface area contributed by atoms with E-state index in [2.05, 4.69) is 32.3 Å². The number of pyridine rings is 2. The maximum atomic E-state index is 7.82. The summed E-state index contributed by atoms with van der Waals surface area (Å²) in [5.74, 6) is -0.463. The van der Waals surface area contributed by atoms with E-state index < -0.39 is 40.2 Å². The van der Waals surface area contributed by atoms with Crippen LogP contribution in [-0.2, 0) is 20.1 Å². The van der Waals surface area contributed by atoms with E-state index in [1.165, 1.54) is 30.5 Å². The van der Waals surface area contributed by atoms with E-state index in [9.17, 15) is 0 Å². The van der Waals surface area contributed by atoms with E-state index in [1.54, 1.807) is 42.5 Å². The van der Waals surface area contributed by atoms with Gasteiger partial charge in [0.05, 0.1) is 5.58 Å². The second-order valence-electron chi connectivity index (χ2n) is 8.86. The molecule has 0 spiro atoms. The Hall–Kier alpha value is -4.45. The number of aromatic nitrogens is 4. The predicted molar refractivity (Wildman–Crippen MR) is 161 cm³/mol. The fourth-order valence-electron chi connectivity index (χ4n) is 4.13. The van der Waals surface area contributed by atoms with Crippen LogP contribution < -0.4 is 0 Å². The topological polar surface area (TPSA) is 77.8 Å². The van der Waals surface area contributed by atoms with Gasteiger partial charge in [0.15, 0.2) is 0 Å². The van der Waals surface area contributed by atoms with Crippen molar-refractivity contribution in [1.29, 1.82) is 0 Å². The predicted octanol–water partition coefficient (Wildman–Crippen LogP) is 8.59. The molecule has 0 atom stereocenters. The Bertz CT molecular complexity index is 2460. The molecular weight excluding hydrogens is 701 g/mol. The van der Waals surface area contributed by atoms with Crippen LogP contribution in [0.3, 0.4) is 0 Å². The Morgan fingerprint density at radius 2 is 1.60 bits per heavy atom. The van der Waals surface area contributed by atoms with Gasteiger partial charge in [0.2, 0.25) is 11.8 Å². The number of hydrogen-bond donors (Lipinski definition) is 0. The van der Waals surface area contributed by atoms with Crippen molar-refractivity contribution in [3.05, 3.63) is 119 Å². The maximum Gasteiger partial charge on any atom is 0.247 e. The molecule has 0 N–H and O–H groups in total. The van der Waals surface area contributed by atoms with E-state index in [0.717, 1.165) is 11.6 Å². The number of benzene rings is 3. The van der Waals surface area contributed by atoms with Crippen LogP contribution >= 0.6 is 0 Å². The summed E-state index contributed by atoms with van der Waals surface area (Å²) >= 11 is 0. The van der Waals surface area contributed by atoms with Gasteiger partial charge in [-0.3, -0.25) is 0 Å². The molecule has 0 fully saturated rings. The van der Waals surface area contributed by atoms with E-state index in [1.807, 2.05) is 0 Å². The molecule has 0 bridgehead atoms. The van der Waals surface area contributed by atoms with Crippen LogP contribution in [0.2, 0.25) is 0 Å². The maximum absolute atomic E-state index is 7.82. The molecule has 0 amide bonds. The molecule has 7 rings (SSSR count). The SMILES string of the molecule is [2H]C([2H])([2H])c1c[c-]c(-c2ccc(C([2H])([2H])[2H])cn2)cc1.[2H]C([2H])([2H])c1nnc(-c2ccc3c(c2)oc2c(-c4cc(C([2H])([2H])[2H])c(C([2H])([2H])[2H])cn4)[c-]ccc23)o1.[Ir]. The minimum atomic E-state index is -2.67. The molecule has 4 aromatic heterocycles. The van der Waals surface area contributed by atoms with Gasteiger partial charge in [-0.25, -0.2) is 0 Å². The third-order valence-corrected chi connectivity index (χ3v) is 6.12. The van der Waals surface area contributed by atoms with Gasteiger partial charge in [-0.2, -0.15) is 0 Å². The van der Waals surface area contributed by atoms with Crippen LogP contribution in [0.25, 0.3) is 55.9 Å². The van der Waals surface area contributed by atoms with Crippen molar-refractivity contribution in [3.8, 4) is 34.0 Å². The van der Waals surface area contributed by atoms with E-state index >= 15 is 0 Å². The van der Waals surface area contributed by atoms with Crippen LogP contribution in [0.15, 0.2) is 88.0 Å². The average molecular weight is 744 g/mol. The van der Waals surface area contributed by atoms with Crippen molar-refractivity contribution >= 4 is 21.9 Å². The summed E-state index contributed by atoms with van der Waals surface area (Å²) in [6.45, 7) is -12.2. The number of rotatable bonds is 3. The molecule has 211 valence electrons. The van der Waals surface area contributed by atoms with Crippen LogP contribution in [-0.4, -0.2) is 20.2 Å². The minimum Gasteiger partial charge on any atom is -0.501 e. The summed E-state index contributed by atoms with van der Waals surface area (Å²) in [7, 11) is 0. The third kappa shape index (κ3) is 5.94. The Labute approximate surface area is 279 Å². The molecule has 0 aliphatic carbocycles. The summed E-state index contributed by atoms with van der Waals surface area (Å²) in [5.41, 5.74) is 2.66. The van der Waals surface area contributed by atoms with E-state index in [4.69, 9.17) is 29.4 Å². The van der Waals surface area contributed by atoms with E-state index in [0.29, 0.717) is 38.9 Å². The molecule has 7 aromatic rings. The first kappa shape index (κ1) is 15.7. The summed E-state index contributed by atoms with van der Waals surface area (Å²) in [6.07, 6.45) is 2.35. The van der Waals surface area contributed by atoms with Crippen molar-refractivity contribution in [3.63, 3.8) is 0 Å². The molecule has 0 aliphatic rings. The standard InChI is InChI=1S/C22H16N3O2.C13H12N.Ir/c1-12-9-19(23-11-13(12)2)18-6-4-5-17-16-8-7-15(10-20(16)27-21(17)18)22-25-24-14(3)26-22;1-10-3-6-12(7-4-10)13-8-5-11(2)9-14-13;/h4-5,7-11H,1-3H3;3-6,8-9H,1-2H3;/q2*-1;/i1D3,2D3,3D3;1D3,2D3;. The average Bonchev–Trinajstić information content (AvgIpc) is 3.76. The first-order valence-electron chi connectivity index (χ1n) is 19.6. The molecule has 1 radical (unpaired) electrons. The molecular formula is C35H28IrN4O2-2. The van der Waals surface area contributed by atoms with Gasteiger partial charge in [0.1, 0.15) is 5.58 Å². The number of nitrogens with zero attached hydrogens (tertiary/aromatic N) is 4. The van der Waals surface area contributed by atoms with Crippen LogP contribution in [0.4, 0.5) is 0 Å². The number of furan rings is 1. The molecule has 7 heteroatoms. The van der Waals surface area contributed by atoms with Crippen molar-refractivity contribution in [2.45, 2.75) is 34.3 Å². The van der Waals surface area contributed by atoms with Gasteiger partial charge in [0.25, 0.3) is 0 Å². The summed E-state index contributed by atoms with van der Waals surface area (Å²) < 4.78 is 124. The Morgan fingerprint density at radius 3 is 2.33 bits per heavy atom. The second-order valence-corrected chi connectivity index (χ2v) is 8.86. The second kappa shape index (κ2) is 12.2.